The van der Waals surface area contributed by atoms with Crippen LogP contribution >= 0.6 is 0 Å². The molecule has 1 aliphatic rings. The molecule has 6 heteroatoms. The number of benzene rings is 1. The van der Waals surface area contributed by atoms with Gasteiger partial charge in [-0.2, -0.15) is 0 Å². The van der Waals surface area contributed by atoms with Gasteiger partial charge in [0, 0.05) is 44.0 Å². The zero-order chi connectivity index (χ0) is 15.1. The third-order valence-corrected chi connectivity index (χ3v) is 4.05. The highest BCUT2D eigenvalue weighted by Gasteiger charge is 2.22. The molecule has 1 aromatic heterocycles. The van der Waals surface area contributed by atoms with E-state index in [2.05, 4.69) is 11.9 Å². The Kier molecular flexibility index (Phi) is 3.25. The van der Waals surface area contributed by atoms with Crippen LogP contribution in [0.25, 0.3) is 11.0 Å². The summed E-state index contributed by atoms with van der Waals surface area (Å²) in [5.74, 6) is 0.0432. The van der Waals surface area contributed by atoms with Crippen molar-refractivity contribution >= 4 is 22.3 Å². The zero-order valence-electron chi connectivity index (χ0n) is 12.2. The minimum atomic E-state index is -0.380. The molecule has 0 amide bonds. The normalized spacial score (nSPS) is 16.6. The van der Waals surface area contributed by atoms with Crippen LogP contribution in [0.5, 0.6) is 5.75 Å². The van der Waals surface area contributed by atoms with Crippen molar-refractivity contribution in [3.63, 3.8) is 0 Å². The minimum absolute atomic E-state index is 0.0432. The summed E-state index contributed by atoms with van der Waals surface area (Å²) in [4.78, 5) is 16.6. The Bertz CT molecular complexity index is 746. The lowest BCUT2D eigenvalue weighted by atomic mass is 10.1. The number of rotatable bonds is 1. The van der Waals surface area contributed by atoms with Crippen molar-refractivity contribution in [3.05, 3.63) is 28.1 Å². The summed E-state index contributed by atoms with van der Waals surface area (Å²) in [6.45, 7) is 5.16. The van der Waals surface area contributed by atoms with Crippen LogP contribution in [0.15, 0.2) is 21.3 Å². The largest absolute Gasteiger partial charge is 0.507 e. The molecule has 2 heterocycles. The first-order valence-electron chi connectivity index (χ1n) is 6.97. The first-order chi connectivity index (χ1) is 9.97. The molecule has 6 nitrogen and oxygen atoms in total. The summed E-state index contributed by atoms with van der Waals surface area (Å²) >= 11 is 0. The van der Waals surface area contributed by atoms with Crippen LogP contribution in [0.4, 0.5) is 11.4 Å². The third-order valence-electron chi connectivity index (χ3n) is 4.05. The fraction of sp³-hybridized carbons (Fsp3) is 0.400. The minimum Gasteiger partial charge on any atom is -0.507 e. The van der Waals surface area contributed by atoms with Crippen LogP contribution in [0.3, 0.4) is 0 Å². The summed E-state index contributed by atoms with van der Waals surface area (Å²) in [7, 11) is 2.06. The van der Waals surface area contributed by atoms with Gasteiger partial charge >= 0.3 is 5.63 Å². The number of hydrogen-bond donors (Lipinski definition) is 2. The Labute approximate surface area is 122 Å². The van der Waals surface area contributed by atoms with Gasteiger partial charge in [0.25, 0.3) is 0 Å². The molecule has 3 N–H and O–H groups in total. The van der Waals surface area contributed by atoms with Crippen molar-refractivity contribution in [1.82, 2.24) is 4.90 Å². The molecular weight excluding hydrogens is 270 g/mol. The van der Waals surface area contributed by atoms with E-state index in [1.807, 2.05) is 11.8 Å². The lowest BCUT2D eigenvalue weighted by Crippen LogP contribution is -2.46. The fourth-order valence-corrected chi connectivity index (χ4v) is 2.89. The molecule has 21 heavy (non-hydrogen) atoms. The number of nitrogens with zero attached hydrogens (tertiary/aromatic N) is 2. The molecule has 0 radical (unpaired) electrons. The quantitative estimate of drug-likeness (QED) is 0.605. The van der Waals surface area contributed by atoms with Crippen molar-refractivity contribution in [2.24, 2.45) is 0 Å². The average Bonchev–Trinajstić information content (AvgIpc) is 2.39. The van der Waals surface area contributed by atoms with Gasteiger partial charge in [0.1, 0.15) is 17.0 Å². The SMILES string of the molecule is Cc1c(N2CCN(C)CC2)c(=O)oc2cc(N)cc(O)c12. The summed E-state index contributed by atoms with van der Waals surface area (Å²) < 4.78 is 5.36. The highest BCUT2D eigenvalue weighted by molar-refractivity contribution is 5.92. The molecule has 1 saturated heterocycles. The maximum atomic E-state index is 12.3. The number of likely N-dealkylation sites (N-methyl/N-ethyl adjacent to an activating group) is 1. The van der Waals surface area contributed by atoms with Crippen LogP contribution in [0.1, 0.15) is 5.56 Å². The predicted molar refractivity (Wildman–Crippen MR) is 83.0 cm³/mol. The first-order valence-corrected chi connectivity index (χ1v) is 6.97. The van der Waals surface area contributed by atoms with Crippen molar-refractivity contribution < 1.29 is 9.52 Å². The molecule has 2 aromatic rings. The topological polar surface area (TPSA) is 82.9 Å². The van der Waals surface area contributed by atoms with E-state index in [1.54, 1.807) is 6.07 Å². The summed E-state index contributed by atoms with van der Waals surface area (Å²) in [6.07, 6.45) is 0. The van der Waals surface area contributed by atoms with E-state index in [0.717, 1.165) is 31.7 Å². The molecular formula is C15H19N3O3. The van der Waals surface area contributed by atoms with E-state index >= 15 is 0 Å². The number of aryl methyl sites for hydroxylation is 1. The van der Waals surface area contributed by atoms with Gasteiger partial charge in [0.05, 0.1) is 5.39 Å². The number of aromatic hydroxyl groups is 1. The number of phenols is 1. The number of hydrogen-bond acceptors (Lipinski definition) is 6. The van der Waals surface area contributed by atoms with E-state index in [0.29, 0.717) is 22.3 Å². The van der Waals surface area contributed by atoms with Gasteiger partial charge < -0.3 is 25.1 Å². The standard InChI is InChI=1S/C15H19N3O3/c1-9-13-11(19)7-10(16)8-12(13)21-15(20)14(9)18-5-3-17(2)4-6-18/h7-8,19H,3-6,16H2,1-2H3. The molecule has 1 aromatic carbocycles. The number of phenolic OH excluding ortho intramolecular Hbond substituents is 1. The Morgan fingerprint density at radius 3 is 2.57 bits per heavy atom. The number of fused-ring (bicyclic) bond motifs is 1. The smallest absolute Gasteiger partial charge is 0.360 e. The predicted octanol–water partition coefficient (Wildman–Crippen LogP) is 1.14. The maximum Gasteiger partial charge on any atom is 0.360 e. The van der Waals surface area contributed by atoms with Gasteiger partial charge in [-0.25, -0.2) is 4.79 Å². The number of piperazine rings is 1. The van der Waals surface area contributed by atoms with Crippen molar-refractivity contribution in [2.45, 2.75) is 6.92 Å². The zero-order valence-corrected chi connectivity index (χ0v) is 12.2. The second-order valence-corrected chi connectivity index (χ2v) is 5.57. The summed E-state index contributed by atoms with van der Waals surface area (Å²) in [6, 6.07) is 3.04. The molecule has 0 bridgehead atoms. The van der Waals surface area contributed by atoms with Crippen LogP contribution < -0.4 is 16.3 Å². The Morgan fingerprint density at radius 1 is 1.24 bits per heavy atom. The van der Waals surface area contributed by atoms with E-state index in [1.165, 1.54) is 6.07 Å². The third kappa shape index (κ3) is 2.31. The van der Waals surface area contributed by atoms with Gasteiger partial charge in [-0.3, -0.25) is 0 Å². The van der Waals surface area contributed by atoms with Gasteiger partial charge in [0.2, 0.25) is 0 Å². The number of nitrogen functional groups attached to an aromatic ring is 1. The lowest BCUT2D eigenvalue weighted by Gasteiger charge is -2.34. The summed E-state index contributed by atoms with van der Waals surface area (Å²) in [5, 5.41) is 10.7. The second-order valence-electron chi connectivity index (χ2n) is 5.57. The van der Waals surface area contributed by atoms with Gasteiger partial charge in [0.15, 0.2) is 0 Å². The molecule has 1 fully saturated rings. The molecule has 0 saturated carbocycles. The molecule has 0 atom stereocenters. The molecule has 1 aliphatic heterocycles. The van der Waals surface area contributed by atoms with Crippen LogP contribution in [0.2, 0.25) is 0 Å². The van der Waals surface area contributed by atoms with E-state index in [4.69, 9.17) is 10.2 Å². The Hall–Kier alpha value is -2.21. The lowest BCUT2D eigenvalue weighted by molar-refractivity contribution is 0.311. The Morgan fingerprint density at radius 2 is 1.90 bits per heavy atom. The molecule has 3 rings (SSSR count). The van der Waals surface area contributed by atoms with E-state index in [-0.39, 0.29) is 11.4 Å². The number of nitrogens with two attached hydrogens (primary N) is 1. The second kappa shape index (κ2) is 4.96. The summed E-state index contributed by atoms with van der Waals surface area (Å²) in [5.41, 5.74) is 7.28. The highest BCUT2D eigenvalue weighted by Crippen LogP contribution is 2.33. The van der Waals surface area contributed by atoms with Gasteiger partial charge in [-0.1, -0.05) is 0 Å². The fourth-order valence-electron chi connectivity index (χ4n) is 2.89. The molecule has 0 spiro atoms. The maximum absolute atomic E-state index is 12.3. The van der Waals surface area contributed by atoms with Crippen LogP contribution in [0, 0.1) is 6.92 Å². The van der Waals surface area contributed by atoms with E-state index < -0.39 is 0 Å². The molecule has 0 unspecified atom stereocenters. The van der Waals surface area contributed by atoms with E-state index in [9.17, 15) is 9.90 Å². The van der Waals surface area contributed by atoms with Crippen LogP contribution in [-0.2, 0) is 0 Å². The average molecular weight is 289 g/mol. The van der Waals surface area contributed by atoms with Gasteiger partial charge in [-0.05, 0) is 19.5 Å². The monoisotopic (exact) mass is 289 g/mol. The Balaban J connectivity index is 2.18. The number of anilines is 2. The van der Waals surface area contributed by atoms with Crippen molar-refractivity contribution in [3.8, 4) is 5.75 Å². The van der Waals surface area contributed by atoms with Crippen LogP contribution in [-0.4, -0.2) is 43.2 Å². The van der Waals surface area contributed by atoms with Crippen molar-refractivity contribution in [2.75, 3.05) is 43.9 Å². The van der Waals surface area contributed by atoms with Crippen molar-refractivity contribution in [1.29, 1.82) is 0 Å². The van der Waals surface area contributed by atoms with Gasteiger partial charge in [-0.15, -0.1) is 0 Å². The molecule has 0 aliphatic carbocycles. The highest BCUT2D eigenvalue weighted by atomic mass is 16.4. The molecule has 112 valence electrons. The first kappa shape index (κ1) is 13.8.